The number of amides is 1. The van der Waals surface area contributed by atoms with Gasteiger partial charge in [-0.3, -0.25) is 10.2 Å². The van der Waals surface area contributed by atoms with Crippen molar-refractivity contribution in [3.05, 3.63) is 59.2 Å². The topological polar surface area (TPSA) is 48.1 Å². The summed E-state index contributed by atoms with van der Waals surface area (Å²) in [6.45, 7) is 9.18. The van der Waals surface area contributed by atoms with Gasteiger partial charge in [0.15, 0.2) is 0 Å². The van der Waals surface area contributed by atoms with Gasteiger partial charge in [0.25, 0.3) is 0 Å². The molecule has 0 aromatic heterocycles. The third-order valence-electron chi connectivity index (χ3n) is 7.04. The smallest absolute Gasteiger partial charge is 0.370 e. The standard InChI is InChI=1S/C25H32N4O2/c1-18-14-22(26-25(30)31-28-15-20-7-3-4-8-21(20)16-28)9-10-24(18)27-13-11-23(17-27)29-12-5-6-19(29)2/h3-4,7-10,14,19,23H,5-6,11-13,15-17H2,1-2H3,(H,26,30). The molecule has 1 N–H and O–H groups in total. The van der Waals surface area contributed by atoms with E-state index in [1.807, 2.05) is 24.3 Å². The number of nitrogens with one attached hydrogen (secondary N) is 1. The number of anilines is 2. The molecule has 2 aromatic carbocycles. The van der Waals surface area contributed by atoms with Crippen LogP contribution in [0.25, 0.3) is 0 Å². The average molecular weight is 421 g/mol. The SMILES string of the molecule is Cc1cc(NC(=O)ON2Cc3ccccc3C2)ccc1N1CCC(N2CCCC2C)C1. The van der Waals surface area contributed by atoms with Gasteiger partial charge in [-0.1, -0.05) is 24.3 Å². The van der Waals surface area contributed by atoms with Crippen LogP contribution in [0.5, 0.6) is 0 Å². The fourth-order valence-corrected chi connectivity index (χ4v) is 5.44. The van der Waals surface area contributed by atoms with Crippen LogP contribution in [0.4, 0.5) is 16.2 Å². The Morgan fingerprint density at radius 1 is 1.06 bits per heavy atom. The van der Waals surface area contributed by atoms with Crippen molar-refractivity contribution in [1.29, 1.82) is 0 Å². The number of nitrogens with zero attached hydrogens (tertiary/aromatic N) is 3. The molecule has 31 heavy (non-hydrogen) atoms. The van der Waals surface area contributed by atoms with Gasteiger partial charge in [0.1, 0.15) is 0 Å². The van der Waals surface area contributed by atoms with Crippen LogP contribution in [0, 0.1) is 6.92 Å². The summed E-state index contributed by atoms with van der Waals surface area (Å²) in [6, 6.07) is 15.7. The Balaban J connectivity index is 1.17. The Morgan fingerprint density at radius 3 is 2.52 bits per heavy atom. The molecule has 2 fully saturated rings. The second-order valence-electron chi connectivity index (χ2n) is 9.19. The highest BCUT2D eigenvalue weighted by Gasteiger charge is 2.33. The van der Waals surface area contributed by atoms with Gasteiger partial charge >= 0.3 is 6.09 Å². The van der Waals surface area contributed by atoms with Crippen LogP contribution in [0.2, 0.25) is 0 Å². The summed E-state index contributed by atoms with van der Waals surface area (Å²) < 4.78 is 0. The van der Waals surface area contributed by atoms with Crippen molar-refractivity contribution >= 4 is 17.5 Å². The minimum Gasteiger partial charge on any atom is -0.370 e. The molecular weight excluding hydrogens is 388 g/mol. The molecule has 164 valence electrons. The first-order valence-electron chi connectivity index (χ1n) is 11.5. The highest BCUT2D eigenvalue weighted by Crippen LogP contribution is 2.31. The molecule has 0 spiro atoms. The lowest BCUT2D eigenvalue weighted by Gasteiger charge is -2.29. The average Bonchev–Trinajstić information content (AvgIpc) is 3.46. The Kier molecular flexibility index (Phi) is 5.59. The van der Waals surface area contributed by atoms with Crippen LogP contribution in [-0.2, 0) is 17.9 Å². The number of hydrogen-bond donors (Lipinski definition) is 1. The maximum Gasteiger partial charge on any atom is 0.430 e. The van der Waals surface area contributed by atoms with Crippen molar-refractivity contribution in [2.75, 3.05) is 29.9 Å². The number of hydrogen-bond acceptors (Lipinski definition) is 5. The number of benzene rings is 2. The molecule has 0 radical (unpaired) electrons. The van der Waals surface area contributed by atoms with Crippen molar-refractivity contribution in [2.24, 2.45) is 0 Å². The van der Waals surface area contributed by atoms with E-state index in [0.717, 1.165) is 18.8 Å². The Morgan fingerprint density at radius 2 is 1.84 bits per heavy atom. The van der Waals surface area contributed by atoms with E-state index in [1.54, 1.807) is 5.06 Å². The number of likely N-dealkylation sites (tertiary alicyclic amines) is 1. The minimum atomic E-state index is -0.441. The van der Waals surface area contributed by atoms with Crippen molar-refractivity contribution in [1.82, 2.24) is 9.96 Å². The van der Waals surface area contributed by atoms with Gasteiger partial charge in [-0.25, -0.2) is 4.79 Å². The number of rotatable bonds is 4. The molecule has 5 rings (SSSR count). The van der Waals surface area contributed by atoms with E-state index in [1.165, 1.54) is 48.2 Å². The Hall–Kier alpha value is -2.57. The molecule has 6 heteroatoms. The molecular formula is C25H32N4O2. The highest BCUT2D eigenvalue weighted by atomic mass is 16.7. The lowest BCUT2D eigenvalue weighted by atomic mass is 10.1. The zero-order valence-electron chi connectivity index (χ0n) is 18.5. The Labute approximate surface area is 184 Å². The van der Waals surface area contributed by atoms with Crippen molar-refractivity contribution in [3.8, 4) is 0 Å². The second kappa shape index (κ2) is 8.52. The molecule has 0 aliphatic carbocycles. The minimum absolute atomic E-state index is 0.441. The van der Waals surface area contributed by atoms with Crippen LogP contribution in [0.15, 0.2) is 42.5 Å². The summed E-state index contributed by atoms with van der Waals surface area (Å²) in [5.41, 5.74) is 5.64. The van der Waals surface area contributed by atoms with Gasteiger partial charge in [0.2, 0.25) is 0 Å². The summed E-state index contributed by atoms with van der Waals surface area (Å²) in [6.07, 6.45) is 3.45. The zero-order valence-corrected chi connectivity index (χ0v) is 18.5. The number of fused-ring (bicyclic) bond motifs is 1. The molecule has 6 nitrogen and oxygen atoms in total. The Bertz CT molecular complexity index is 937. The van der Waals surface area contributed by atoms with E-state index < -0.39 is 6.09 Å². The molecule has 0 bridgehead atoms. The summed E-state index contributed by atoms with van der Waals surface area (Å²) in [7, 11) is 0. The zero-order chi connectivity index (χ0) is 21.4. The van der Waals surface area contributed by atoms with Gasteiger partial charge in [-0.05, 0) is 74.5 Å². The van der Waals surface area contributed by atoms with E-state index in [4.69, 9.17) is 4.84 Å². The molecule has 0 saturated carbocycles. The van der Waals surface area contributed by atoms with Crippen LogP contribution >= 0.6 is 0 Å². The van der Waals surface area contributed by atoms with Crippen LogP contribution < -0.4 is 10.2 Å². The fraction of sp³-hybridized carbons (Fsp3) is 0.480. The van der Waals surface area contributed by atoms with E-state index in [-0.39, 0.29) is 0 Å². The maximum absolute atomic E-state index is 12.4. The lowest BCUT2D eigenvalue weighted by Crippen LogP contribution is -2.39. The highest BCUT2D eigenvalue weighted by molar-refractivity contribution is 5.85. The summed E-state index contributed by atoms with van der Waals surface area (Å²) >= 11 is 0. The summed E-state index contributed by atoms with van der Waals surface area (Å²) in [5, 5.41) is 4.58. The normalized spacial score (nSPS) is 23.9. The van der Waals surface area contributed by atoms with Gasteiger partial charge < -0.3 is 9.74 Å². The molecule has 2 atom stereocenters. The fourth-order valence-electron chi connectivity index (χ4n) is 5.44. The van der Waals surface area contributed by atoms with Gasteiger partial charge in [-0.15, -0.1) is 5.06 Å². The van der Waals surface area contributed by atoms with E-state index in [9.17, 15) is 4.79 Å². The number of aryl methyl sites for hydroxylation is 1. The van der Waals surface area contributed by atoms with Gasteiger partial charge in [-0.2, -0.15) is 0 Å². The second-order valence-corrected chi connectivity index (χ2v) is 9.19. The van der Waals surface area contributed by atoms with Crippen molar-refractivity contribution < 1.29 is 9.63 Å². The third-order valence-corrected chi connectivity index (χ3v) is 7.04. The van der Waals surface area contributed by atoms with Crippen LogP contribution in [0.1, 0.15) is 42.9 Å². The van der Waals surface area contributed by atoms with E-state index in [2.05, 4.69) is 47.2 Å². The number of hydroxylamine groups is 2. The maximum atomic E-state index is 12.4. The predicted molar refractivity (Wildman–Crippen MR) is 123 cm³/mol. The summed E-state index contributed by atoms with van der Waals surface area (Å²) in [4.78, 5) is 23.1. The first-order chi connectivity index (χ1) is 15.1. The molecule has 2 saturated heterocycles. The van der Waals surface area contributed by atoms with Crippen LogP contribution in [-0.4, -0.2) is 47.8 Å². The summed E-state index contributed by atoms with van der Waals surface area (Å²) in [5.74, 6) is 0. The molecule has 1 amide bonds. The molecule has 2 unspecified atom stereocenters. The van der Waals surface area contributed by atoms with Crippen molar-refractivity contribution in [3.63, 3.8) is 0 Å². The first-order valence-corrected chi connectivity index (χ1v) is 11.5. The monoisotopic (exact) mass is 420 g/mol. The van der Waals surface area contributed by atoms with Gasteiger partial charge in [0.05, 0.1) is 13.1 Å². The number of carbonyl (C=O) groups excluding carboxylic acids is 1. The van der Waals surface area contributed by atoms with E-state index in [0.29, 0.717) is 25.2 Å². The molecule has 3 aliphatic rings. The van der Waals surface area contributed by atoms with Crippen LogP contribution in [0.3, 0.4) is 0 Å². The largest absolute Gasteiger partial charge is 0.430 e. The lowest BCUT2D eigenvalue weighted by molar-refractivity contribution is -0.0996. The van der Waals surface area contributed by atoms with Gasteiger partial charge in [0, 0.05) is 36.5 Å². The molecule has 2 aromatic rings. The molecule has 3 aliphatic heterocycles. The predicted octanol–water partition coefficient (Wildman–Crippen LogP) is 4.54. The van der Waals surface area contributed by atoms with Crippen molar-refractivity contribution in [2.45, 2.75) is 58.3 Å². The molecule has 3 heterocycles. The quantitative estimate of drug-likeness (QED) is 0.787. The number of carbonyl (C=O) groups is 1. The third kappa shape index (κ3) is 4.27. The first kappa shape index (κ1) is 20.3. The van der Waals surface area contributed by atoms with E-state index >= 15 is 0 Å².